The van der Waals surface area contributed by atoms with Crippen LogP contribution in [0.3, 0.4) is 0 Å². The molecule has 1 aromatic carbocycles. The lowest BCUT2D eigenvalue weighted by Crippen LogP contribution is -2.32. The van der Waals surface area contributed by atoms with E-state index >= 15 is 0 Å². The Morgan fingerprint density at radius 1 is 1.28 bits per heavy atom. The summed E-state index contributed by atoms with van der Waals surface area (Å²) in [5.41, 5.74) is 1.45. The summed E-state index contributed by atoms with van der Waals surface area (Å²) in [6.07, 6.45) is 0.785. The number of Topliss-reactive ketones (excluding diaryl/α,β-unsaturated/α-hetero) is 1. The van der Waals surface area contributed by atoms with Crippen LogP contribution in [-0.4, -0.2) is 48.1 Å². The van der Waals surface area contributed by atoms with Gasteiger partial charge in [-0.3, -0.25) is 9.59 Å². The molecule has 4 rings (SSSR count). The molecule has 0 bridgehead atoms. The minimum Gasteiger partial charge on any atom is -0.507 e. The summed E-state index contributed by atoms with van der Waals surface area (Å²) in [7, 11) is 1.52. The highest BCUT2D eigenvalue weighted by molar-refractivity contribution is 6.46. The van der Waals surface area contributed by atoms with E-state index in [0.29, 0.717) is 17.1 Å². The number of fused-ring (bicyclic) bond motifs is 1. The van der Waals surface area contributed by atoms with Crippen LogP contribution in [-0.2, 0) is 20.7 Å². The van der Waals surface area contributed by atoms with Crippen molar-refractivity contribution in [3.63, 3.8) is 0 Å². The number of benzene rings is 1. The lowest BCUT2D eigenvalue weighted by atomic mass is 9.97. The van der Waals surface area contributed by atoms with Crippen molar-refractivity contribution < 1.29 is 28.6 Å². The number of aliphatic hydroxyl groups excluding tert-OH is 1. The van der Waals surface area contributed by atoms with Crippen LogP contribution in [0.1, 0.15) is 35.6 Å². The SMILES string of the molecule is COCCN1C(=O)C(=O)C(=C(O)c2ccc3c(c2)CC(C)O3)C1c1ccc(C)o1. The van der Waals surface area contributed by atoms with Gasteiger partial charge in [0.2, 0.25) is 0 Å². The van der Waals surface area contributed by atoms with Crippen molar-refractivity contribution in [3.8, 4) is 5.75 Å². The predicted octanol–water partition coefficient (Wildman–Crippen LogP) is 2.98. The van der Waals surface area contributed by atoms with Gasteiger partial charge in [0, 0.05) is 25.6 Å². The van der Waals surface area contributed by atoms with Crippen LogP contribution in [0.15, 0.2) is 40.3 Å². The molecule has 7 heteroatoms. The number of ether oxygens (including phenoxy) is 2. The fourth-order valence-corrected chi connectivity index (χ4v) is 3.92. The number of carbonyl (C=O) groups is 2. The zero-order valence-electron chi connectivity index (χ0n) is 16.6. The molecule has 1 aromatic heterocycles. The molecule has 1 N–H and O–H groups in total. The molecule has 2 aromatic rings. The van der Waals surface area contributed by atoms with Gasteiger partial charge in [0.05, 0.1) is 12.2 Å². The average Bonchev–Trinajstić information content (AvgIpc) is 3.35. The zero-order valence-corrected chi connectivity index (χ0v) is 16.6. The average molecular weight is 397 g/mol. The third-order valence-corrected chi connectivity index (χ3v) is 5.28. The molecular formula is C22H23NO6. The van der Waals surface area contributed by atoms with E-state index in [1.807, 2.05) is 6.92 Å². The van der Waals surface area contributed by atoms with Crippen molar-refractivity contribution in [2.45, 2.75) is 32.4 Å². The van der Waals surface area contributed by atoms with Gasteiger partial charge in [0.25, 0.3) is 11.7 Å². The number of furan rings is 1. The van der Waals surface area contributed by atoms with Crippen LogP contribution in [0.25, 0.3) is 5.76 Å². The molecule has 2 unspecified atom stereocenters. The Bertz CT molecular complexity index is 1000. The zero-order chi connectivity index (χ0) is 20.7. The summed E-state index contributed by atoms with van der Waals surface area (Å²) in [6, 6.07) is 7.96. The van der Waals surface area contributed by atoms with Crippen molar-refractivity contribution in [1.29, 1.82) is 0 Å². The van der Waals surface area contributed by atoms with Gasteiger partial charge < -0.3 is 23.9 Å². The fourth-order valence-electron chi connectivity index (χ4n) is 3.92. The van der Waals surface area contributed by atoms with Crippen LogP contribution >= 0.6 is 0 Å². The minimum atomic E-state index is -0.803. The van der Waals surface area contributed by atoms with E-state index in [0.717, 1.165) is 17.7 Å². The highest BCUT2D eigenvalue weighted by Gasteiger charge is 2.47. The summed E-state index contributed by atoms with van der Waals surface area (Å²) in [4.78, 5) is 26.9. The van der Waals surface area contributed by atoms with E-state index in [1.54, 1.807) is 37.3 Å². The number of aryl methyl sites for hydroxylation is 1. The number of hydrogen-bond donors (Lipinski definition) is 1. The third kappa shape index (κ3) is 3.31. The Morgan fingerprint density at radius 3 is 2.76 bits per heavy atom. The molecule has 0 radical (unpaired) electrons. The first-order valence-corrected chi connectivity index (χ1v) is 9.54. The summed E-state index contributed by atoms with van der Waals surface area (Å²) >= 11 is 0. The molecular weight excluding hydrogens is 374 g/mol. The van der Waals surface area contributed by atoms with Crippen molar-refractivity contribution in [2.75, 3.05) is 20.3 Å². The molecule has 0 aliphatic carbocycles. The maximum Gasteiger partial charge on any atom is 0.295 e. The second-order valence-electron chi connectivity index (χ2n) is 7.39. The highest BCUT2D eigenvalue weighted by atomic mass is 16.5. The standard InChI is InChI=1S/C22H23NO6/c1-12-4-6-17(28-12)19-18(21(25)22(26)23(19)8-9-27-3)20(24)14-5-7-16-15(11-14)10-13(2)29-16/h4-7,11,13,19,24H,8-10H2,1-3H3. The van der Waals surface area contributed by atoms with E-state index in [1.165, 1.54) is 12.0 Å². The molecule has 0 saturated carbocycles. The fraction of sp³-hybridized carbons (Fsp3) is 0.364. The summed E-state index contributed by atoms with van der Waals surface area (Å²) in [6.45, 7) is 4.22. The molecule has 7 nitrogen and oxygen atoms in total. The number of rotatable bonds is 5. The van der Waals surface area contributed by atoms with Gasteiger partial charge in [-0.1, -0.05) is 0 Å². The summed E-state index contributed by atoms with van der Waals surface area (Å²) in [5, 5.41) is 11.1. The first-order chi connectivity index (χ1) is 13.9. The van der Waals surface area contributed by atoms with Gasteiger partial charge in [0.15, 0.2) is 0 Å². The van der Waals surface area contributed by atoms with E-state index in [4.69, 9.17) is 13.9 Å². The van der Waals surface area contributed by atoms with Crippen molar-refractivity contribution in [3.05, 3.63) is 58.6 Å². The molecule has 1 saturated heterocycles. The van der Waals surface area contributed by atoms with E-state index in [2.05, 4.69) is 0 Å². The van der Waals surface area contributed by atoms with Gasteiger partial charge in [-0.25, -0.2) is 0 Å². The van der Waals surface area contributed by atoms with E-state index in [-0.39, 0.29) is 30.6 Å². The maximum absolute atomic E-state index is 12.9. The largest absolute Gasteiger partial charge is 0.507 e. The molecule has 1 amide bonds. The Hall–Kier alpha value is -3.06. The second kappa shape index (κ2) is 7.40. The minimum absolute atomic E-state index is 0.0207. The predicted molar refractivity (Wildman–Crippen MR) is 105 cm³/mol. The molecule has 2 atom stereocenters. The molecule has 29 heavy (non-hydrogen) atoms. The molecule has 0 spiro atoms. The van der Waals surface area contributed by atoms with Crippen LogP contribution in [0, 0.1) is 6.92 Å². The van der Waals surface area contributed by atoms with Crippen molar-refractivity contribution in [2.24, 2.45) is 0 Å². The van der Waals surface area contributed by atoms with Gasteiger partial charge in [-0.15, -0.1) is 0 Å². The van der Waals surface area contributed by atoms with Gasteiger partial charge in [-0.05, 0) is 49.7 Å². The Morgan fingerprint density at radius 2 is 2.07 bits per heavy atom. The van der Waals surface area contributed by atoms with Crippen molar-refractivity contribution in [1.82, 2.24) is 4.90 Å². The summed E-state index contributed by atoms with van der Waals surface area (Å²) in [5.74, 6) is 0.222. The smallest absolute Gasteiger partial charge is 0.295 e. The summed E-state index contributed by atoms with van der Waals surface area (Å²) < 4.78 is 16.5. The number of amides is 1. The number of aliphatic hydroxyl groups is 1. The molecule has 2 aliphatic rings. The normalized spacial score (nSPS) is 22.8. The highest BCUT2D eigenvalue weighted by Crippen LogP contribution is 2.40. The maximum atomic E-state index is 12.9. The Kier molecular flexibility index (Phi) is 4.92. The van der Waals surface area contributed by atoms with Crippen molar-refractivity contribution >= 4 is 17.4 Å². The molecule has 152 valence electrons. The lowest BCUT2D eigenvalue weighted by Gasteiger charge is -2.22. The van der Waals surface area contributed by atoms with Gasteiger partial charge in [-0.2, -0.15) is 0 Å². The number of hydrogen-bond acceptors (Lipinski definition) is 6. The van der Waals surface area contributed by atoms with Gasteiger partial charge >= 0.3 is 0 Å². The second-order valence-corrected chi connectivity index (χ2v) is 7.39. The number of carbonyl (C=O) groups excluding carboxylic acids is 2. The van der Waals surface area contributed by atoms with E-state index in [9.17, 15) is 14.7 Å². The Labute approximate surface area is 168 Å². The first kappa shape index (κ1) is 19.3. The monoisotopic (exact) mass is 397 g/mol. The van der Waals surface area contributed by atoms with Gasteiger partial charge in [0.1, 0.15) is 35.2 Å². The Balaban J connectivity index is 1.81. The number of ketones is 1. The quantitative estimate of drug-likeness (QED) is 0.474. The van der Waals surface area contributed by atoms with Crippen LogP contribution < -0.4 is 4.74 Å². The topological polar surface area (TPSA) is 89.2 Å². The van der Waals surface area contributed by atoms with Crippen LogP contribution in [0.4, 0.5) is 0 Å². The van der Waals surface area contributed by atoms with Crippen LogP contribution in [0.2, 0.25) is 0 Å². The van der Waals surface area contributed by atoms with Crippen LogP contribution in [0.5, 0.6) is 5.75 Å². The number of nitrogens with zero attached hydrogens (tertiary/aromatic N) is 1. The third-order valence-electron chi connectivity index (χ3n) is 5.28. The van der Waals surface area contributed by atoms with E-state index < -0.39 is 17.7 Å². The molecule has 2 aliphatic heterocycles. The molecule has 1 fully saturated rings. The first-order valence-electron chi connectivity index (χ1n) is 9.54. The number of likely N-dealkylation sites (tertiary alicyclic amines) is 1. The number of methoxy groups -OCH3 is 1. The lowest BCUT2D eigenvalue weighted by molar-refractivity contribution is -0.140. The molecule has 3 heterocycles.